The lowest BCUT2D eigenvalue weighted by Gasteiger charge is -2.30. The second-order valence-electron chi connectivity index (χ2n) is 7.44. The Bertz CT molecular complexity index is 394. The molecule has 20 heavy (non-hydrogen) atoms. The van der Waals surface area contributed by atoms with Crippen molar-refractivity contribution < 1.29 is 0 Å². The summed E-state index contributed by atoms with van der Waals surface area (Å²) in [5.74, 6) is 0.880. The summed E-state index contributed by atoms with van der Waals surface area (Å²) in [5, 5.41) is 3.82. The molecule has 1 aromatic rings. The fraction of sp³-hybridized carbons (Fsp3) is 0.722. The second-order valence-corrected chi connectivity index (χ2v) is 7.44. The summed E-state index contributed by atoms with van der Waals surface area (Å²) in [5.41, 5.74) is 1.81. The van der Waals surface area contributed by atoms with Crippen LogP contribution in [0.25, 0.3) is 0 Å². The lowest BCUT2D eigenvalue weighted by Crippen LogP contribution is -2.31. The van der Waals surface area contributed by atoms with E-state index in [1.807, 2.05) is 12.4 Å². The van der Waals surface area contributed by atoms with Gasteiger partial charge in [-0.2, -0.15) is 0 Å². The summed E-state index contributed by atoms with van der Waals surface area (Å²) in [7, 11) is 0. The molecule has 0 bridgehead atoms. The van der Waals surface area contributed by atoms with Crippen molar-refractivity contribution in [2.45, 2.75) is 71.9 Å². The lowest BCUT2D eigenvalue weighted by molar-refractivity contribution is 0.213. The molecule has 1 saturated carbocycles. The Labute approximate surface area is 124 Å². The number of hydrogen-bond donors (Lipinski definition) is 1. The monoisotopic (exact) mass is 274 g/mol. The van der Waals surface area contributed by atoms with Crippen LogP contribution in [0.4, 0.5) is 0 Å². The third-order valence-corrected chi connectivity index (χ3v) is 4.89. The van der Waals surface area contributed by atoms with Gasteiger partial charge in [0.2, 0.25) is 0 Å². The third-order valence-electron chi connectivity index (χ3n) is 4.89. The van der Waals surface area contributed by atoms with Crippen molar-refractivity contribution in [1.82, 2.24) is 10.3 Å². The van der Waals surface area contributed by atoms with Crippen LogP contribution >= 0.6 is 0 Å². The molecule has 0 spiro atoms. The predicted molar refractivity (Wildman–Crippen MR) is 85.6 cm³/mol. The molecule has 1 fully saturated rings. The van der Waals surface area contributed by atoms with E-state index in [2.05, 4.69) is 50.1 Å². The normalized spacial score (nSPS) is 26.0. The molecule has 0 saturated heterocycles. The van der Waals surface area contributed by atoms with Gasteiger partial charge in [0.05, 0.1) is 0 Å². The Balaban J connectivity index is 1.88. The van der Waals surface area contributed by atoms with E-state index in [1.54, 1.807) is 0 Å². The molecule has 1 aliphatic carbocycles. The number of rotatable bonds is 3. The first kappa shape index (κ1) is 15.5. The SMILES string of the molecule is CC(NC1CCCC(C(C)(C)C)CC1)c1ccncc1. The zero-order valence-corrected chi connectivity index (χ0v) is 13.5. The summed E-state index contributed by atoms with van der Waals surface area (Å²) < 4.78 is 0. The van der Waals surface area contributed by atoms with E-state index in [0.29, 0.717) is 17.5 Å². The van der Waals surface area contributed by atoms with Crippen molar-refractivity contribution >= 4 is 0 Å². The van der Waals surface area contributed by atoms with Gasteiger partial charge in [0.15, 0.2) is 0 Å². The zero-order chi connectivity index (χ0) is 14.6. The Kier molecular flexibility index (Phi) is 5.20. The Morgan fingerprint density at radius 1 is 1.10 bits per heavy atom. The van der Waals surface area contributed by atoms with Crippen LogP contribution in [0.5, 0.6) is 0 Å². The van der Waals surface area contributed by atoms with E-state index >= 15 is 0 Å². The Morgan fingerprint density at radius 3 is 2.45 bits per heavy atom. The van der Waals surface area contributed by atoms with E-state index in [1.165, 1.54) is 37.7 Å². The first-order valence-corrected chi connectivity index (χ1v) is 8.13. The van der Waals surface area contributed by atoms with Crippen LogP contribution in [0.3, 0.4) is 0 Å². The first-order chi connectivity index (χ1) is 9.47. The molecule has 112 valence electrons. The molecule has 2 nitrogen and oxygen atoms in total. The van der Waals surface area contributed by atoms with E-state index in [-0.39, 0.29) is 0 Å². The zero-order valence-electron chi connectivity index (χ0n) is 13.5. The number of pyridine rings is 1. The standard InChI is InChI=1S/C18H30N2/c1-14(15-10-12-19-13-11-15)20-17-7-5-6-16(8-9-17)18(2,3)4/h10-14,16-17,20H,5-9H2,1-4H3. The van der Waals surface area contributed by atoms with Crippen molar-refractivity contribution in [2.24, 2.45) is 11.3 Å². The van der Waals surface area contributed by atoms with E-state index in [0.717, 1.165) is 5.92 Å². The molecule has 2 rings (SSSR count). The predicted octanol–water partition coefficient (Wildman–Crippen LogP) is 4.73. The second kappa shape index (κ2) is 6.71. The van der Waals surface area contributed by atoms with Crippen LogP contribution in [0.2, 0.25) is 0 Å². The molecule has 1 aliphatic rings. The van der Waals surface area contributed by atoms with Gasteiger partial charge in [-0.25, -0.2) is 0 Å². The molecule has 1 aromatic heterocycles. The van der Waals surface area contributed by atoms with Gasteiger partial charge in [-0.05, 0) is 61.6 Å². The number of nitrogens with one attached hydrogen (secondary N) is 1. The molecule has 1 heterocycles. The van der Waals surface area contributed by atoms with E-state index < -0.39 is 0 Å². The highest BCUT2D eigenvalue weighted by atomic mass is 14.9. The molecule has 0 aromatic carbocycles. The molecule has 0 radical (unpaired) electrons. The number of aromatic nitrogens is 1. The summed E-state index contributed by atoms with van der Waals surface area (Å²) >= 11 is 0. The van der Waals surface area contributed by atoms with Crippen molar-refractivity contribution in [3.05, 3.63) is 30.1 Å². The summed E-state index contributed by atoms with van der Waals surface area (Å²) in [6, 6.07) is 5.33. The lowest BCUT2D eigenvalue weighted by atomic mass is 9.76. The maximum atomic E-state index is 4.10. The number of nitrogens with zero attached hydrogens (tertiary/aromatic N) is 1. The molecule has 3 atom stereocenters. The maximum absolute atomic E-state index is 4.10. The smallest absolute Gasteiger partial charge is 0.0295 e. The topological polar surface area (TPSA) is 24.9 Å². The highest BCUT2D eigenvalue weighted by Crippen LogP contribution is 2.37. The van der Waals surface area contributed by atoms with Gasteiger partial charge >= 0.3 is 0 Å². The van der Waals surface area contributed by atoms with Crippen LogP contribution in [0.15, 0.2) is 24.5 Å². The first-order valence-electron chi connectivity index (χ1n) is 8.13. The molecule has 0 amide bonds. The van der Waals surface area contributed by atoms with E-state index in [9.17, 15) is 0 Å². The van der Waals surface area contributed by atoms with Gasteiger partial charge in [0.1, 0.15) is 0 Å². The fourth-order valence-corrected chi connectivity index (χ4v) is 3.44. The molecule has 0 aliphatic heterocycles. The van der Waals surface area contributed by atoms with Gasteiger partial charge in [-0.1, -0.05) is 27.2 Å². The minimum absolute atomic E-state index is 0.425. The average molecular weight is 274 g/mol. The van der Waals surface area contributed by atoms with Crippen molar-refractivity contribution in [2.75, 3.05) is 0 Å². The molecular weight excluding hydrogens is 244 g/mol. The third kappa shape index (κ3) is 4.31. The van der Waals surface area contributed by atoms with Crippen molar-refractivity contribution in [1.29, 1.82) is 0 Å². The van der Waals surface area contributed by atoms with Crippen LogP contribution in [-0.4, -0.2) is 11.0 Å². The minimum Gasteiger partial charge on any atom is -0.307 e. The maximum Gasteiger partial charge on any atom is 0.0295 e. The highest BCUT2D eigenvalue weighted by Gasteiger charge is 2.28. The largest absolute Gasteiger partial charge is 0.307 e. The minimum atomic E-state index is 0.425. The van der Waals surface area contributed by atoms with Crippen LogP contribution in [0.1, 0.15) is 71.4 Å². The van der Waals surface area contributed by atoms with Crippen molar-refractivity contribution in [3.8, 4) is 0 Å². The molecule has 3 unspecified atom stereocenters. The summed E-state index contributed by atoms with van der Waals surface area (Å²) in [6.45, 7) is 9.45. The van der Waals surface area contributed by atoms with E-state index in [4.69, 9.17) is 0 Å². The summed E-state index contributed by atoms with van der Waals surface area (Å²) in [4.78, 5) is 4.10. The molecule has 2 heteroatoms. The van der Waals surface area contributed by atoms with Gasteiger partial charge in [-0.3, -0.25) is 4.98 Å². The average Bonchev–Trinajstić information content (AvgIpc) is 2.65. The van der Waals surface area contributed by atoms with Crippen LogP contribution < -0.4 is 5.32 Å². The molecular formula is C18H30N2. The summed E-state index contributed by atoms with van der Waals surface area (Å²) in [6.07, 6.45) is 10.5. The van der Waals surface area contributed by atoms with Gasteiger partial charge < -0.3 is 5.32 Å². The van der Waals surface area contributed by atoms with Gasteiger partial charge in [0, 0.05) is 24.5 Å². The Morgan fingerprint density at radius 2 is 1.80 bits per heavy atom. The van der Waals surface area contributed by atoms with Crippen molar-refractivity contribution in [3.63, 3.8) is 0 Å². The van der Waals surface area contributed by atoms with Crippen LogP contribution in [-0.2, 0) is 0 Å². The van der Waals surface area contributed by atoms with Gasteiger partial charge in [-0.15, -0.1) is 0 Å². The molecule has 1 N–H and O–H groups in total. The Hall–Kier alpha value is -0.890. The van der Waals surface area contributed by atoms with Gasteiger partial charge in [0.25, 0.3) is 0 Å². The number of hydrogen-bond acceptors (Lipinski definition) is 2. The quantitative estimate of drug-likeness (QED) is 0.806. The fourth-order valence-electron chi connectivity index (χ4n) is 3.44. The van der Waals surface area contributed by atoms with Crippen LogP contribution in [0, 0.1) is 11.3 Å². The highest BCUT2D eigenvalue weighted by molar-refractivity contribution is 5.14.